The highest BCUT2D eigenvalue weighted by atomic mass is 19.1. The second-order valence-electron chi connectivity index (χ2n) is 5.92. The minimum absolute atomic E-state index is 0.00930. The molecule has 1 saturated heterocycles. The fourth-order valence-corrected chi connectivity index (χ4v) is 2.75. The summed E-state index contributed by atoms with van der Waals surface area (Å²) in [6, 6.07) is 11.8. The molecule has 23 heavy (non-hydrogen) atoms. The van der Waals surface area contributed by atoms with Crippen LogP contribution < -0.4 is 16.2 Å². The lowest BCUT2D eigenvalue weighted by atomic mass is 10.0. The van der Waals surface area contributed by atoms with Crippen LogP contribution in [0.15, 0.2) is 42.5 Å². The third-order valence-corrected chi connectivity index (χ3v) is 4.35. The number of hydrazine groups is 1. The van der Waals surface area contributed by atoms with Gasteiger partial charge in [0.2, 0.25) is 5.91 Å². The molecule has 1 amide bonds. The molecule has 3 rings (SSSR count). The number of rotatable bonds is 3. The molecular weight excluding hydrogens is 293 g/mol. The van der Waals surface area contributed by atoms with E-state index in [0.29, 0.717) is 6.42 Å². The van der Waals surface area contributed by atoms with Crippen LogP contribution in [-0.2, 0) is 4.79 Å². The lowest BCUT2D eigenvalue weighted by Gasteiger charge is -2.13. The summed E-state index contributed by atoms with van der Waals surface area (Å²) in [6.45, 7) is 4.01. The molecular formula is C18H20FN3O. The summed E-state index contributed by atoms with van der Waals surface area (Å²) in [4.78, 5) is 12.4. The molecule has 120 valence electrons. The van der Waals surface area contributed by atoms with Gasteiger partial charge in [-0.25, -0.2) is 15.2 Å². The molecule has 0 aliphatic carbocycles. The number of halogens is 1. The number of anilines is 1. The van der Waals surface area contributed by atoms with Crippen LogP contribution in [0.5, 0.6) is 0 Å². The van der Waals surface area contributed by atoms with Crippen molar-refractivity contribution in [2.24, 2.45) is 0 Å². The summed E-state index contributed by atoms with van der Waals surface area (Å²) in [5.74, 6) is -0.334. The molecule has 1 fully saturated rings. The van der Waals surface area contributed by atoms with E-state index in [1.807, 2.05) is 32.0 Å². The van der Waals surface area contributed by atoms with Crippen molar-refractivity contribution in [3.8, 4) is 0 Å². The standard InChI is InChI=1S/C18H20FN3O/c1-11-4-3-5-15(12(11)2)20-18(23)17-10-16(21-22-17)13-6-8-14(19)9-7-13/h3-9,16-17,21-22H,10H2,1-2H3,(H,20,23). The molecule has 2 aromatic carbocycles. The lowest BCUT2D eigenvalue weighted by molar-refractivity contribution is -0.117. The molecule has 5 heteroatoms. The van der Waals surface area contributed by atoms with Gasteiger partial charge >= 0.3 is 0 Å². The first-order chi connectivity index (χ1) is 11.0. The first-order valence-corrected chi connectivity index (χ1v) is 7.68. The summed E-state index contributed by atoms with van der Waals surface area (Å²) >= 11 is 0. The average Bonchev–Trinajstić information content (AvgIpc) is 3.02. The van der Waals surface area contributed by atoms with Crippen molar-refractivity contribution in [3.05, 3.63) is 65.0 Å². The highest BCUT2D eigenvalue weighted by Gasteiger charge is 2.30. The predicted molar refractivity (Wildman–Crippen MR) is 88.4 cm³/mol. The van der Waals surface area contributed by atoms with Gasteiger partial charge in [-0.05, 0) is 55.2 Å². The molecule has 0 aromatic heterocycles. The number of hydrogen-bond donors (Lipinski definition) is 3. The number of amides is 1. The number of carbonyl (C=O) groups is 1. The lowest BCUT2D eigenvalue weighted by Crippen LogP contribution is -2.39. The molecule has 0 spiro atoms. The first kappa shape index (κ1) is 15.6. The van der Waals surface area contributed by atoms with Crippen LogP contribution in [0.3, 0.4) is 0 Å². The summed E-state index contributed by atoms with van der Waals surface area (Å²) in [5, 5.41) is 2.97. The van der Waals surface area contributed by atoms with Gasteiger partial charge in [-0.2, -0.15) is 0 Å². The fraction of sp³-hybridized carbons (Fsp3) is 0.278. The van der Waals surface area contributed by atoms with Crippen molar-refractivity contribution in [2.45, 2.75) is 32.4 Å². The number of hydrogen-bond acceptors (Lipinski definition) is 3. The number of carbonyl (C=O) groups excluding carboxylic acids is 1. The van der Waals surface area contributed by atoms with E-state index in [4.69, 9.17) is 0 Å². The van der Waals surface area contributed by atoms with E-state index in [1.54, 1.807) is 12.1 Å². The SMILES string of the molecule is Cc1cccc(NC(=O)C2CC(c3ccc(F)cc3)NN2)c1C. The number of benzene rings is 2. The van der Waals surface area contributed by atoms with Crippen molar-refractivity contribution in [1.82, 2.24) is 10.9 Å². The van der Waals surface area contributed by atoms with Crippen LogP contribution in [0.4, 0.5) is 10.1 Å². The maximum Gasteiger partial charge on any atom is 0.242 e. The summed E-state index contributed by atoms with van der Waals surface area (Å²) in [7, 11) is 0. The average molecular weight is 313 g/mol. The van der Waals surface area contributed by atoms with Crippen molar-refractivity contribution in [1.29, 1.82) is 0 Å². The molecule has 1 aliphatic heterocycles. The zero-order chi connectivity index (χ0) is 16.4. The number of nitrogens with one attached hydrogen (secondary N) is 3. The van der Waals surface area contributed by atoms with Crippen LogP contribution in [0, 0.1) is 19.7 Å². The smallest absolute Gasteiger partial charge is 0.242 e. The van der Waals surface area contributed by atoms with Gasteiger partial charge in [-0.1, -0.05) is 24.3 Å². The fourth-order valence-electron chi connectivity index (χ4n) is 2.75. The molecule has 1 heterocycles. The highest BCUT2D eigenvalue weighted by Crippen LogP contribution is 2.24. The Morgan fingerprint density at radius 2 is 1.87 bits per heavy atom. The Morgan fingerprint density at radius 1 is 1.13 bits per heavy atom. The van der Waals surface area contributed by atoms with Gasteiger partial charge in [0.1, 0.15) is 11.9 Å². The van der Waals surface area contributed by atoms with E-state index < -0.39 is 0 Å². The predicted octanol–water partition coefficient (Wildman–Crippen LogP) is 2.99. The van der Waals surface area contributed by atoms with Crippen molar-refractivity contribution >= 4 is 11.6 Å². The molecule has 3 N–H and O–H groups in total. The molecule has 0 radical (unpaired) electrons. The first-order valence-electron chi connectivity index (χ1n) is 7.68. The quantitative estimate of drug-likeness (QED) is 0.816. The monoisotopic (exact) mass is 313 g/mol. The van der Waals surface area contributed by atoms with E-state index in [-0.39, 0.29) is 23.8 Å². The van der Waals surface area contributed by atoms with Gasteiger partial charge in [0.05, 0.1) is 0 Å². The van der Waals surface area contributed by atoms with Crippen LogP contribution in [-0.4, -0.2) is 11.9 Å². The maximum absolute atomic E-state index is 13.0. The van der Waals surface area contributed by atoms with Gasteiger partial charge in [0.25, 0.3) is 0 Å². The minimum Gasteiger partial charge on any atom is -0.324 e. The summed E-state index contributed by atoms with van der Waals surface area (Å²) in [5.41, 5.74) is 10.1. The van der Waals surface area contributed by atoms with E-state index in [9.17, 15) is 9.18 Å². The Morgan fingerprint density at radius 3 is 2.61 bits per heavy atom. The zero-order valence-electron chi connectivity index (χ0n) is 13.2. The molecule has 0 bridgehead atoms. The molecule has 0 saturated carbocycles. The van der Waals surface area contributed by atoms with Gasteiger partial charge in [-0.3, -0.25) is 4.79 Å². The van der Waals surface area contributed by atoms with Crippen molar-refractivity contribution in [2.75, 3.05) is 5.32 Å². The Bertz CT molecular complexity index is 715. The summed E-state index contributed by atoms with van der Waals surface area (Å²) in [6.07, 6.45) is 0.613. The Labute approximate surface area is 135 Å². The van der Waals surface area contributed by atoms with Crippen molar-refractivity contribution in [3.63, 3.8) is 0 Å². The van der Waals surface area contributed by atoms with Gasteiger partial charge in [-0.15, -0.1) is 0 Å². The Hall–Kier alpha value is -2.24. The largest absolute Gasteiger partial charge is 0.324 e. The van der Waals surface area contributed by atoms with E-state index in [1.165, 1.54) is 12.1 Å². The normalized spacial score (nSPS) is 20.5. The molecule has 2 atom stereocenters. The van der Waals surface area contributed by atoms with E-state index in [2.05, 4.69) is 16.2 Å². The maximum atomic E-state index is 13.0. The Kier molecular flexibility index (Phi) is 4.41. The van der Waals surface area contributed by atoms with E-state index >= 15 is 0 Å². The van der Waals surface area contributed by atoms with Crippen LogP contribution in [0.25, 0.3) is 0 Å². The second-order valence-corrected chi connectivity index (χ2v) is 5.92. The van der Waals surface area contributed by atoms with Crippen LogP contribution >= 0.6 is 0 Å². The van der Waals surface area contributed by atoms with Crippen LogP contribution in [0.1, 0.15) is 29.2 Å². The zero-order valence-corrected chi connectivity index (χ0v) is 13.2. The Balaban J connectivity index is 1.65. The van der Waals surface area contributed by atoms with Gasteiger partial charge < -0.3 is 5.32 Å². The highest BCUT2D eigenvalue weighted by molar-refractivity contribution is 5.95. The third-order valence-electron chi connectivity index (χ3n) is 4.35. The second kappa shape index (κ2) is 6.48. The summed E-state index contributed by atoms with van der Waals surface area (Å²) < 4.78 is 13.0. The van der Waals surface area contributed by atoms with Gasteiger partial charge in [0.15, 0.2) is 0 Å². The topological polar surface area (TPSA) is 53.2 Å². The van der Waals surface area contributed by atoms with E-state index in [0.717, 1.165) is 22.4 Å². The minimum atomic E-state index is -0.329. The van der Waals surface area contributed by atoms with Crippen LogP contribution in [0.2, 0.25) is 0 Å². The molecule has 4 nitrogen and oxygen atoms in total. The molecule has 1 aliphatic rings. The number of aryl methyl sites for hydroxylation is 1. The molecule has 2 unspecified atom stereocenters. The van der Waals surface area contributed by atoms with Crippen molar-refractivity contribution < 1.29 is 9.18 Å². The third kappa shape index (κ3) is 3.41. The molecule has 2 aromatic rings. The van der Waals surface area contributed by atoms with Gasteiger partial charge in [0, 0.05) is 11.7 Å².